The van der Waals surface area contributed by atoms with E-state index in [2.05, 4.69) is 10.3 Å². The largest absolute Gasteiger partial charge is 0.411 e. The van der Waals surface area contributed by atoms with Crippen molar-refractivity contribution in [3.63, 3.8) is 0 Å². The van der Waals surface area contributed by atoms with E-state index < -0.39 is 11.8 Å². The highest BCUT2D eigenvalue weighted by Crippen LogP contribution is 2.50. The van der Waals surface area contributed by atoms with Crippen molar-refractivity contribution in [3.8, 4) is 0 Å². The summed E-state index contributed by atoms with van der Waals surface area (Å²) in [5.41, 5.74) is 0.846. The van der Waals surface area contributed by atoms with Gasteiger partial charge in [-0.2, -0.15) is 16.9 Å². The second-order valence-corrected chi connectivity index (χ2v) is 8.04. The van der Waals surface area contributed by atoms with Crippen LogP contribution in [0.15, 0.2) is 29.6 Å². The number of nitrogens with zero attached hydrogens (tertiary/aromatic N) is 4. The molecular weight excluding hydrogens is 410 g/mol. The summed E-state index contributed by atoms with van der Waals surface area (Å²) in [4.78, 5) is 14.1. The Bertz CT molecular complexity index is 795. The van der Waals surface area contributed by atoms with Gasteiger partial charge in [-0.3, -0.25) is 4.79 Å². The summed E-state index contributed by atoms with van der Waals surface area (Å²) in [5, 5.41) is 16.1. The topological polar surface area (TPSA) is 70.7 Å². The lowest BCUT2D eigenvalue weighted by molar-refractivity contribution is -0.120. The van der Waals surface area contributed by atoms with Crippen LogP contribution in [0.3, 0.4) is 0 Å². The molecule has 0 saturated heterocycles. The molecule has 0 spiro atoms. The van der Waals surface area contributed by atoms with E-state index in [-0.39, 0.29) is 23.4 Å². The summed E-state index contributed by atoms with van der Waals surface area (Å²) < 4.78 is 27.3. The molecule has 1 saturated carbocycles. The van der Waals surface area contributed by atoms with Gasteiger partial charge in [-0.1, -0.05) is 35.8 Å². The monoisotopic (exact) mass is 432 g/mol. The van der Waals surface area contributed by atoms with Gasteiger partial charge in [0.05, 0.1) is 18.1 Å². The number of allylic oxidation sites excluding steroid dienone is 4. The van der Waals surface area contributed by atoms with Crippen molar-refractivity contribution in [3.05, 3.63) is 29.6 Å². The Labute approximate surface area is 171 Å². The van der Waals surface area contributed by atoms with Gasteiger partial charge in [-0.25, -0.2) is 13.5 Å². The SMILES string of the molecule is C\C=C/C=C(\C=N\O)n1cc(N(C)C(=O)[C@@H](C)CSCC2CC2(F)F)c(Cl)n1. The number of rotatable bonds is 9. The molecule has 6 nitrogen and oxygen atoms in total. The fourth-order valence-electron chi connectivity index (χ4n) is 2.49. The number of hydrogen-bond acceptors (Lipinski definition) is 5. The average Bonchev–Trinajstić information content (AvgIpc) is 3.07. The minimum atomic E-state index is -2.53. The molecule has 0 bridgehead atoms. The zero-order valence-electron chi connectivity index (χ0n) is 15.8. The third-order valence-electron chi connectivity index (χ3n) is 4.32. The molecule has 2 atom stereocenters. The first-order chi connectivity index (χ1) is 13.2. The van der Waals surface area contributed by atoms with E-state index in [9.17, 15) is 13.6 Å². The Morgan fingerprint density at radius 2 is 2.32 bits per heavy atom. The second-order valence-electron chi connectivity index (χ2n) is 6.61. The Balaban J connectivity index is 2.03. The van der Waals surface area contributed by atoms with Crippen molar-refractivity contribution in [1.82, 2.24) is 9.78 Å². The van der Waals surface area contributed by atoms with Crippen LogP contribution in [0, 0.1) is 11.8 Å². The lowest BCUT2D eigenvalue weighted by Crippen LogP contribution is -2.32. The van der Waals surface area contributed by atoms with Crippen LogP contribution in [0.1, 0.15) is 20.3 Å². The van der Waals surface area contributed by atoms with E-state index in [0.717, 1.165) is 0 Å². The molecule has 28 heavy (non-hydrogen) atoms. The molecule has 2 rings (SSSR count). The molecule has 154 valence electrons. The van der Waals surface area contributed by atoms with Crippen molar-refractivity contribution in [2.45, 2.75) is 26.2 Å². The fraction of sp³-hybridized carbons (Fsp3) is 0.500. The number of carbonyl (C=O) groups excluding carboxylic acids is 1. The summed E-state index contributed by atoms with van der Waals surface area (Å²) in [6.07, 6.45) is 7.90. The first kappa shape index (κ1) is 22.4. The molecule has 1 unspecified atom stereocenters. The fourth-order valence-corrected chi connectivity index (χ4v) is 4.03. The number of oxime groups is 1. The Kier molecular flexibility index (Phi) is 7.65. The van der Waals surface area contributed by atoms with E-state index in [1.165, 1.54) is 27.6 Å². The number of amides is 1. The number of carbonyl (C=O) groups is 1. The second kappa shape index (κ2) is 9.56. The Morgan fingerprint density at radius 1 is 1.64 bits per heavy atom. The number of thioether (sulfide) groups is 1. The number of anilines is 1. The average molecular weight is 433 g/mol. The van der Waals surface area contributed by atoms with Crippen LogP contribution in [0.4, 0.5) is 14.5 Å². The minimum absolute atomic E-state index is 0.0583. The van der Waals surface area contributed by atoms with Crippen LogP contribution in [0.5, 0.6) is 0 Å². The molecule has 1 fully saturated rings. The van der Waals surface area contributed by atoms with Gasteiger partial charge in [0.15, 0.2) is 5.15 Å². The molecular formula is C18H23ClF2N4O2S. The third kappa shape index (κ3) is 5.57. The maximum atomic E-state index is 12.9. The van der Waals surface area contributed by atoms with Crippen molar-refractivity contribution >= 4 is 46.9 Å². The lowest BCUT2D eigenvalue weighted by Gasteiger charge is -2.20. The molecule has 1 aromatic heterocycles. The zero-order valence-corrected chi connectivity index (χ0v) is 17.4. The molecule has 1 aromatic rings. The standard InChI is InChI=1S/C18H23ClF2N4O2S/c1-4-5-6-14(8-22-27)25-9-15(16(19)23-25)24(3)17(26)12(2)10-28-11-13-7-18(13,20)21/h4-6,8-9,12-13,27H,7,10-11H2,1-3H3/b5-4-,14-6+,22-8+/t12-,13?/m0/s1. The lowest BCUT2D eigenvalue weighted by atomic mass is 10.2. The van der Waals surface area contributed by atoms with Gasteiger partial charge in [0, 0.05) is 36.8 Å². The highest BCUT2D eigenvalue weighted by Gasteiger charge is 2.56. The Hall–Kier alpha value is -1.87. The predicted molar refractivity (Wildman–Crippen MR) is 110 cm³/mol. The summed E-state index contributed by atoms with van der Waals surface area (Å²) >= 11 is 7.55. The van der Waals surface area contributed by atoms with Crippen LogP contribution in [0.2, 0.25) is 5.15 Å². The Morgan fingerprint density at radius 3 is 2.89 bits per heavy atom. The zero-order chi connectivity index (χ0) is 20.9. The van der Waals surface area contributed by atoms with Gasteiger partial charge in [0.25, 0.3) is 5.92 Å². The van der Waals surface area contributed by atoms with Crippen LogP contribution in [0.25, 0.3) is 5.70 Å². The van der Waals surface area contributed by atoms with Gasteiger partial charge >= 0.3 is 0 Å². The van der Waals surface area contributed by atoms with Gasteiger partial charge in [-0.05, 0) is 13.0 Å². The smallest absolute Gasteiger partial charge is 0.252 e. The van der Waals surface area contributed by atoms with E-state index in [0.29, 0.717) is 22.9 Å². The summed E-state index contributed by atoms with van der Waals surface area (Å²) in [6.45, 7) is 3.59. The summed E-state index contributed by atoms with van der Waals surface area (Å²) in [7, 11) is 1.58. The van der Waals surface area contributed by atoms with Crippen molar-refractivity contribution < 1.29 is 18.8 Å². The number of alkyl halides is 2. The van der Waals surface area contributed by atoms with Gasteiger partial charge < -0.3 is 10.1 Å². The molecule has 0 aromatic carbocycles. The molecule has 1 aliphatic rings. The molecule has 1 N–H and O–H groups in total. The van der Waals surface area contributed by atoms with Crippen molar-refractivity contribution in [2.24, 2.45) is 17.0 Å². The quantitative estimate of drug-likeness (QED) is 0.272. The number of hydrogen-bond donors (Lipinski definition) is 1. The third-order valence-corrected chi connectivity index (χ3v) is 5.96. The van der Waals surface area contributed by atoms with Crippen molar-refractivity contribution in [2.75, 3.05) is 23.5 Å². The van der Waals surface area contributed by atoms with Crippen LogP contribution in [-0.4, -0.2) is 51.6 Å². The maximum Gasteiger partial charge on any atom is 0.252 e. The molecule has 10 heteroatoms. The maximum absolute atomic E-state index is 12.9. The van der Waals surface area contributed by atoms with Gasteiger partial charge in [0.1, 0.15) is 5.69 Å². The van der Waals surface area contributed by atoms with Crippen LogP contribution in [-0.2, 0) is 4.79 Å². The number of aromatic nitrogens is 2. The first-order valence-electron chi connectivity index (χ1n) is 8.70. The summed E-state index contributed by atoms with van der Waals surface area (Å²) in [5.74, 6) is -2.85. The van der Waals surface area contributed by atoms with Crippen molar-refractivity contribution in [1.29, 1.82) is 0 Å². The molecule has 1 amide bonds. The highest BCUT2D eigenvalue weighted by molar-refractivity contribution is 7.99. The first-order valence-corrected chi connectivity index (χ1v) is 10.2. The predicted octanol–water partition coefficient (Wildman–Crippen LogP) is 4.40. The summed E-state index contributed by atoms with van der Waals surface area (Å²) in [6, 6.07) is 0. The molecule has 1 aliphatic carbocycles. The highest BCUT2D eigenvalue weighted by atomic mass is 35.5. The number of halogens is 3. The molecule has 1 heterocycles. The minimum Gasteiger partial charge on any atom is -0.411 e. The van der Waals surface area contributed by atoms with E-state index >= 15 is 0 Å². The van der Waals surface area contributed by atoms with E-state index in [4.69, 9.17) is 16.8 Å². The normalized spacial score (nSPS) is 20.1. The van der Waals surface area contributed by atoms with E-state index in [1.807, 2.05) is 6.92 Å². The molecule has 0 radical (unpaired) electrons. The molecule has 0 aliphatic heterocycles. The van der Waals surface area contributed by atoms with Gasteiger partial charge in [0.2, 0.25) is 5.91 Å². The van der Waals surface area contributed by atoms with Crippen LogP contribution >= 0.6 is 23.4 Å². The van der Waals surface area contributed by atoms with Gasteiger partial charge in [-0.15, -0.1) is 0 Å². The van der Waals surface area contributed by atoms with E-state index in [1.54, 1.807) is 38.4 Å². The van der Waals surface area contributed by atoms with Crippen LogP contribution < -0.4 is 4.90 Å².